The zero-order valence-corrected chi connectivity index (χ0v) is 8.50. The Hall–Kier alpha value is -1.65. The van der Waals surface area contributed by atoms with E-state index in [2.05, 4.69) is 10.3 Å². The normalized spacial score (nSPS) is 9.93. The summed E-state index contributed by atoms with van der Waals surface area (Å²) in [6.07, 6.45) is 1.59. The van der Waals surface area contributed by atoms with Gasteiger partial charge in [0.05, 0.1) is 0 Å². The molecule has 0 aliphatic carbocycles. The van der Waals surface area contributed by atoms with E-state index in [0.717, 1.165) is 0 Å². The summed E-state index contributed by atoms with van der Waals surface area (Å²) >= 11 is 0. The van der Waals surface area contributed by atoms with E-state index in [1.165, 1.54) is 6.92 Å². The first-order chi connectivity index (χ1) is 6.54. The molecule has 1 aromatic heterocycles. The van der Waals surface area contributed by atoms with Gasteiger partial charge in [-0.2, -0.15) is 0 Å². The predicted octanol–water partition coefficient (Wildman–Crippen LogP) is 0.140. The van der Waals surface area contributed by atoms with Crippen molar-refractivity contribution in [1.82, 2.24) is 14.9 Å². The number of carbonyl (C=O) groups is 2. The minimum atomic E-state index is -0.111. The quantitative estimate of drug-likeness (QED) is 0.698. The second-order valence-electron chi connectivity index (χ2n) is 3.03. The van der Waals surface area contributed by atoms with Crippen LogP contribution in [0, 0.1) is 6.92 Å². The summed E-state index contributed by atoms with van der Waals surface area (Å²) in [5.41, 5.74) is 0.395. The van der Waals surface area contributed by atoms with Crippen molar-refractivity contribution < 1.29 is 9.59 Å². The van der Waals surface area contributed by atoms with Gasteiger partial charge in [0.25, 0.3) is 0 Å². The molecule has 14 heavy (non-hydrogen) atoms. The first-order valence-corrected chi connectivity index (χ1v) is 4.30. The smallest absolute Gasteiger partial charge is 0.239 e. The molecule has 0 aliphatic heterocycles. The highest BCUT2D eigenvalue weighted by Gasteiger charge is 2.09. The first-order valence-electron chi connectivity index (χ1n) is 4.30. The summed E-state index contributed by atoms with van der Waals surface area (Å²) in [7, 11) is 1.57. The van der Waals surface area contributed by atoms with Crippen LogP contribution < -0.4 is 5.32 Å². The summed E-state index contributed by atoms with van der Waals surface area (Å²) in [6.45, 7) is 3.41. The molecule has 1 N–H and O–H groups in total. The molecule has 0 fully saturated rings. The fraction of sp³-hybridized carbons (Fsp3) is 0.444. The number of nitrogens with zero attached hydrogens (tertiary/aromatic N) is 2. The minimum absolute atomic E-state index is 0.0937. The molecule has 1 heterocycles. The number of carbonyl (C=O) groups excluding carboxylic acids is 2. The van der Waals surface area contributed by atoms with Gasteiger partial charge in [0.2, 0.25) is 5.91 Å². The van der Waals surface area contributed by atoms with Gasteiger partial charge in [0, 0.05) is 20.2 Å². The molecule has 0 bridgehead atoms. The standard InChI is InChI=1S/C9H13N3O2/c1-6(13)8-4-12(7(2)11-8)5-9(14)10-3/h4H,5H2,1-3H3,(H,10,14). The lowest BCUT2D eigenvalue weighted by molar-refractivity contribution is -0.121. The van der Waals surface area contributed by atoms with Crippen molar-refractivity contribution in [3.63, 3.8) is 0 Å². The Morgan fingerprint density at radius 1 is 1.57 bits per heavy atom. The predicted molar refractivity (Wildman–Crippen MR) is 51.0 cm³/mol. The number of ketones is 1. The molecule has 0 saturated carbocycles. The molecule has 0 radical (unpaired) electrons. The lowest BCUT2D eigenvalue weighted by atomic mass is 10.3. The Morgan fingerprint density at radius 2 is 2.21 bits per heavy atom. The van der Waals surface area contributed by atoms with Crippen LogP contribution in [0.2, 0.25) is 0 Å². The van der Waals surface area contributed by atoms with Crippen molar-refractivity contribution in [1.29, 1.82) is 0 Å². The number of Topliss-reactive ketones (excluding diaryl/α,β-unsaturated/α-hetero) is 1. The minimum Gasteiger partial charge on any atom is -0.358 e. The maximum Gasteiger partial charge on any atom is 0.239 e. The summed E-state index contributed by atoms with van der Waals surface area (Å²) in [5, 5.41) is 2.51. The molecule has 1 amide bonds. The van der Waals surface area contributed by atoms with E-state index in [9.17, 15) is 9.59 Å². The van der Waals surface area contributed by atoms with Crippen molar-refractivity contribution in [3.8, 4) is 0 Å². The van der Waals surface area contributed by atoms with E-state index >= 15 is 0 Å². The Balaban J connectivity index is 2.88. The molecule has 1 aromatic rings. The van der Waals surface area contributed by atoms with Crippen LogP contribution in [-0.4, -0.2) is 28.3 Å². The molecule has 0 aromatic carbocycles. The van der Waals surface area contributed by atoms with Gasteiger partial charge in [0.1, 0.15) is 18.1 Å². The molecule has 1 rings (SSSR count). The van der Waals surface area contributed by atoms with Gasteiger partial charge in [-0.15, -0.1) is 0 Å². The third kappa shape index (κ3) is 2.18. The number of rotatable bonds is 3. The van der Waals surface area contributed by atoms with Crippen LogP contribution in [0.1, 0.15) is 23.2 Å². The lowest BCUT2D eigenvalue weighted by Crippen LogP contribution is -2.23. The van der Waals surface area contributed by atoms with Gasteiger partial charge < -0.3 is 9.88 Å². The number of nitrogens with one attached hydrogen (secondary N) is 1. The Bertz CT molecular complexity index is 368. The van der Waals surface area contributed by atoms with Gasteiger partial charge in [-0.3, -0.25) is 9.59 Å². The molecule has 0 unspecified atom stereocenters. The fourth-order valence-electron chi connectivity index (χ4n) is 1.07. The molecule has 0 saturated heterocycles. The number of imidazole rings is 1. The van der Waals surface area contributed by atoms with Crippen molar-refractivity contribution >= 4 is 11.7 Å². The highest BCUT2D eigenvalue weighted by atomic mass is 16.2. The first kappa shape index (κ1) is 10.4. The van der Waals surface area contributed by atoms with Gasteiger partial charge in [-0.25, -0.2) is 4.98 Å². The second kappa shape index (κ2) is 4.04. The number of likely N-dealkylation sites (N-methyl/N-ethyl adjacent to an activating group) is 1. The molecular weight excluding hydrogens is 182 g/mol. The highest BCUT2D eigenvalue weighted by Crippen LogP contribution is 2.02. The monoisotopic (exact) mass is 195 g/mol. The Kier molecular flexibility index (Phi) is 3.01. The number of aryl methyl sites for hydroxylation is 1. The zero-order valence-electron chi connectivity index (χ0n) is 8.50. The van der Waals surface area contributed by atoms with E-state index in [1.807, 2.05) is 0 Å². The number of hydrogen-bond acceptors (Lipinski definition) is 3. The summed E-state index contributed by atoms with van der Waals surface area (Å²) in [4.78, 5) is 26.1. The van der Waals surface area contributed by atoms with Gasteiger partial charge in [-0.05, 0) is 6.92 Å². The number of hydrogen-bond donors (Lipinski definition) is 1. The molecule has 0 aliphatic rings. The zero-order chi connectivity index (χ0) is 10.7. The van der Waals surface area contributed by atoms with Crippen LogP contribution in [0.25, 0.3) is 0 Å². The average Bonchev–Trinajstić information content (AvgIpc) is 2.48. The van der Waals surface area contributed by atoms with Crippen LogP contribution in [0.5, 0.6) is 0 Å². The second-order valence-corrected chi connectivity index (χ2v) is 3.03. The van der Waals surface area contributed by atoms with Crippen molar-refractivity contribution in [3.05, 3.63) is 17.7 Å². The van der Waals surface area contributed by atoms with Crippen LogP contribution in [0.4, 0.5) is 0 Å². The van der Waals surface area contributed by atoms with E-state index in [0.29, 0.717) is 11.5 Å². The maximum atomic E-state index is 11.1. The van der Waals surface area contributed by atoms with E-state index in [1.54, 1.807) is 24.7 Å². The van der Waals surface area contributed by atoms with E-state index < -0.39 is 0 Å². The SMILES string of the molecule is CNC(=O)Cn1cc(C(C)=O)nc1C. The highest BCUT2D eigenvalue weighted by molar-refractivity contribution is 5.92. The Labute approximate surface area is 82.1 Å². The third-order valence-corrected chi connectivity index (χ3v) is 1.93. The summed E-state index contributed by atoms with van der Waals surface area (Å²) in [5.74, 6) is 0.461. The topological polar surface area (TPSA) is 64.0 Å². The summed E-state index contributed by atoms with van der Waals surface area (Å²) < 4.78 is 1.65. The number of amides is 1. The van der Waals surface area contributed by atoms with E-state index in [-0.39, 0.29) is 18.2 Å². The van der Waals surface area contributed by atoms with Crippen molar-refractivity contribution in [2.45, 2.75) is 20.4 Å². The average molecular weight is 195 g/mol. The van der Waals surface area contributed by atoms with Crippen LogP contribution in [0.15, 0.2) is 6.20 Å². The molecular formula is C9H13N3O2. The third-order valence-electron chi connectivity index (χ3n) is 1.93. The van der Waals surface area contributed by atoms with Gasteiger partial charge in [-0.1, -0.05) is 0 Å². The van der Waals surface area contributed by atoms with Gasteiger partial charge in [0.15, 0.2) is 5.78 Å². The van der Waals surface area contributed by atoms with Crippen LogP contribution in [-0.2, 0) is 11.3 Å². The lowest BCUT2D eigenvalue weighted by Gasteiger charge is -2.01. The molecule has 0 spiro atoms. The molecule has 0 atom stereocenters. The van der Waals surface area contributed by atoms with Crippen LogP contribution >= 0.6 is 0 Å². The Morgan fingerprint density at radius 3 is 2.64 bits per heavy atom. The van der Waals surface area contributed by atoms with Crippen molar-refractivity contribution in [2.24, 2.45) is 0 Å². The summed E-state index contributed by atoms with van der Waals surface area (Å²) in [6, 6.07) is 0. The van der Waals surface area contributed by atoms with E-state index in [4.69, 9.17) is 0 Å². The molecule has 76 valence electrons. The fourth-order valence-corrected chi connectivity index (χ4v) is 1.07. The molecule has 5 heteroatoms. The van der Waals surface area contributed by atoms with Crippen molar-refractivity contribution in [2.75, 3.05) is 7.05 Å². The molecule has 5 nitrogen and oxygen atoms in total. The largest absolute Gasteiger partial charge is 0.358 e. The van der Waals surface area contributed by atoms with Gasteiger partial charge >= 0.3 is 0 Å². The number of aromatic nitrogens is 2. The maximum absolute atomic E-state index is 11.1. The van der Waals surface area contributed by atoms with Crippen LogP contribution in [0.3, 0.4) is 0 Å².